The highest BCUT2D eigenvalue weighted by molar-refractivity contribution is 14.0. The number of hydrogen-bond acceptors (Lipinski definition) is 5. The molecule has 31 heavy (non-hydrogen) atoms. The van der Waals surface area contributed by atoms with E-state index in [1.165, 1.54) is 0 Å². The normalized spacial score (nSPS) is 14.5. The third-order valence-corrected chi connectivity index (χ3v) is 4.36. The van der Waals surface area contributed by atoms with Crippen molar-refractivity contribution in [3.05, 3.63) is 29.6 Å². The molecule has 0 saturated carbocycles. The molecule has 1 heterocycles. The Morgan fingerprint density at radius 3 is 2.48 bits per heavy atom. The van der Waals surface area contributed by atoms with Gasteiger partial charge in [-0.05, 0) is 44.9 Å². The molecule has 0 radical (unpaired) electrons. The van der Waals surface area contributed by atoms with Crippen molar-refractivity contribution in [2.24, 2.45) is 4.99 Å². The fourth-order valence-electron chi connectivity index (χ4n) is 2.93. The Kier molecular flexibility index (Phi) is 11.9. The van der Waals surface area contributed by atoms with Gasteiger partial charge in [-0.3, -0.25) is 4.99 Å². The van der Waals surface area contributed by atoms with Crippen LogP contribution in [0.1, 0.15) is 32.8 Å². The van der Waals surface area contributed by atoms with Crippen molar-refractivity contribution in [1.29, 1.82) is 0 Å². The zero-order valence-corrected chi connectivity index (χ0v) is 21.1. The van der Waals surface area contributed by atoms with Gasteiger partial charge in [0.05, 0.1) is 18.9 Å². The van der Waals surface area contributed by atoms with Crippen molar-refractivity contribution in [1.82, 2.24) is 16.0 Å². The first-order valence-electron chi connectivity index (χ1n) is 10.3. The van der Waals surface area contributed by atoms with Crippen molar-refractivity contribution in [3.63, 3.8) is 0 Å². The molecule has 1 aromatic rings. The lowest BCUT2D eigenvalue weighted by Crippen LogP contribution is -2.39. The number of guanidine groups is 1. The second-order valence-electron chi connectivity index (χ2n) is 8.02. The number of ether oxygens (including phenoxy) is 2. The van der Waals surface area contributed by atoms with Gasteiger partial charge in [0.1, 0.15) is 11.4 Å². The van der Waals surface area contributed by atoms with E-state index in [1.54, 1.807) is 13.1 Å². The Bertz CT molecular complexity index is 721. The highest BCUT2D eigenvalue weighted by Gasteiger charge is 2.16. The second kappa shape index (κ2) is 13.6. The van der Waals surface area contributed by atoms with Gasteiger partial charge in [-0.15, -0.1) is 24.0 Å². The number of anilines is 1. The number of hydrogen-bond donors (Lipinski definition) is 3. The van der Waals surface area contributed by atoms with E-state index in [1.807, 2.05) is 37.8 Å². The summed E-state index contributed by atoms with van der Waals surface area (Å²) >= 11 is 0. The smallest absolute Gasteiger partial charge is 0.407 e. The highest BCUT2D eigenvalue weighted by atomic mass is 127. The Balaban J connectivity index is 0.00000480. The van der Waals surface area contributed by atoms with Crippen LogP contribution in [-0.2, 0) is 16.0 Å². The van der Waals surface area contributed by atoms with Crippen LogP contribution >= 0.6 is 24.0 Å². The van der Waals surface area contributed by atoms with Crippen molar-refractivity contribution in [2.45, 2.75) is 39.3 Å². The van der Waals surface area contributed by atoms with Gasteiger partial charge in [-0.1, -0.05) is 6.07 Å². The summed E-state index contributed by atoms with van der Waals surface area (Å²) in [4.78, 5) is 17.8. The maximum absolute atomic E-state index is 14.5. The molecule has 1 amide bonds. The standard InChI is InChI=1S/C21H34FN5O3.HI/c1-21(2,3)30-20(28)25-9-5-8-24-19(23-4)26-15-16-6-7-18(17(22)14-16)27-10-12-29-13-11-27;/h6-7,14H,5,8-13,15H2,1-4H3,(H,25,28)(H2,23,24,26);1H. The van der Waals surface area contributed by atoms with Crippen LogP contribution in [0.4, 0.5) is 14.9 Å². The monoisotopic (exact) mass is 551 g/mol. The fourth-order valence-corrected chi connectivity index (χ4v) is 2.93. The molecular formula is C21H35FIN5O3. The van der Waals surface area contributed by atoms with Gasteiger partial charge >= 0.3 is 6.09 Å². The van der Waals surface area contributed by atoms with E-state index in [-0.39, 0.29) is 29.8 Å². The topological polar surface area (TPSA) is 87.2 Å². The number of aliphatic imine (C=N–C) groups is 1. The molecular weight excluding hydrogens is 516 g/mol. The van der Waals surface area contributed by atoms with Crippen molar-refractivity contribution in [3.8, 4) is 0 Å². The summed E-state index contributed by atoms with van der Waals surface area (Å²) in [5.74, 6) is 0.386. The molecule has 10 heteroatoms. The molecule has 1 aromatic carbocycles. The third-order valence-electron chi connectivity index (χ3n) is 4.36. The zero-order chi connectivity index (χ0) is 22.0. The van der Waals surface area contributed by atoms with Crippen LogP contribution in [-0.4, -0.2) is 64.1 Å². The van der Waals surface area contributed by atoms with E-state index in [9.17, 15) is 9.18 Å². The number of benzene rings is 1. The lowest BCUT2D eigenvalue weighted by atomic mass is 10.1. The van der Waals surface area contributed by atoms with E-state index in [0.717, 1.165) is 5.56 Å². The lowest BCUT2D eigenvalue weighted by molar-refractivity contribution is 0.0527. The maximum atomic E-state index is 14.5. The van der Waals surface area contributed by atoms with E-state index >= 15 is 0 Å². The fraction of sp³-hybridized carbons (Fsp3) is 0.619. The molecule has 0 bridgehead atoms. The number of morpholine rings is 1. The summed E-state index contributed by atoms with van der Waals surface area (Å²) in [6, 6.07) is 5.28. The van der Waals surface area contributed by atoms with E-state index in [4.69, 9.17) is 9.47 Å². The van der Waals surface area contributed by atoms with Crippen LogP contribution in [0, 0.1) is 5.82 Å². The number of nitrogens with zero attached hydrogens (tertiary/aromatic N) is 2. The van der Waals surface area contributed by atoms with Crippen molar-refractivity contribution >= 4 is 41.7 Å². The van der Waals surface area contributed by atoms with Crippen LogP contribution in [0.3, 0.4) is 0 Å². The van der Waals surface area contributed by atoms with Gasteiger partial charge in [0.15, 0.2) is 5.96 Å². The van der Waals surface area contributed by atoms with Gasteiger partial charge in [-0.2, -0.15) is 0 Å². The minimum Gasteiger partial charge on any atom is -0.444 e. The Morgan fingerprint density at radius 2 is 1.87 bits per heavy atom. The number of carbonyl (C=O) groups is 1. The summed E-state index contributed by atoms with van der Waals surface area (Å²) in [6.07, 6.45) is 0.288. The van der Waals surface area contributed by atoms with Crippen LogP contribution in [0.25, 0.3) is 0 Å². The molecule has 176 valence electrons. The summed E-state index contributed by atoms with van der Waals surface area (Å²) < 4.78 is 25.0. The Labute approximate surface area is 201 Å². The molecule has 0 unspecified atom stereocenters. The van der Waals surface area contributed by atoms with E-state index < -0.39 is 11.7 Å². The first-order valence-corrected chi connectivity index (χ1v) is 10.3. The molecule has 0 spiro atoms. The Hall–Kier alpha value is -1.82. The number of amides is 1. The summed E-state index contributed by atoms with van der Waals surface area (Å²) in [5.41, 5.74) is 0.940. The molecule has 1 fully saturated rings. The highest BCUT2D eigenvalue weighted by Crippen LogP contribution is 2.21. The minimum atomic E-state index is -0.506. The van der Waals surface area contributed by atoms with Crippen LogP contribution < -0.4 is 20.9 Å². The molecule has 0 atom stereocenters. The van der Waals surface area contributed by atoms with Crippen molar-refractivity contribution in [2.75, 3.05) is 51.3 Å². The minimum absolute atomic E-state index is 0. The molecule has 2 rings (SSSR count). The van der Waals surface area contributed by atoms with Gasteiger partial charge in [-0.25, -0.2) is 9.18 Å². The molecule has 3 N–H and O–H groups in total. The van der Waals surface area contributed by atoms with Gasteiger partial charge < -0.3 is 30.3 Å². The average Bonchev–Trinajstić information content (AvgIpc) is 2.69. The molecule has 1 aliphatic heterocycles. The SMILES string of the molecule is CN=C(NCCCNC(=O)OC(C)(C)C)NCc1ccc(N2CCOCC2)c(F)c1.I. The van der Waals surface area contributed by atoms with Crippen LogP contribution in [0.5, 0.6) is 0 Å². The predicted octanol–water partition coefficient (Wildman–Crippen LogP) is 2.86. The zero-order valence-electron chi connectivity index (χ0n) is 18.8. The summed E-state index contributed by atoms with van der Waals surface area (Å²) in [6.45, 7) is 9.70. The maximum Gasteiger partial charge on any atom is 0.407 e. The average molecular weight is 551 g/mol. The largest absolute Gasteiger partial charge is 0.444 e. The number of halogens is 2. The number of rotatable bonds is 7. The van der Waals surface area contributed by atoms with E-state index in [0.29, 0.717) is 64.0 Å². The van der Waals surface area contributed by atoms with Gasteiger partial charge in [0.25, 0.3) is 0 Å². The number of carbonyl (C=O) groups excluding carboxylic acids is 1. The Morgan fingerprint density at radius 1 is 1.19 bits per heavy atom. The first kappa shape index (κ1) is 27.2. The van der Waals surface area contributed by atoms with Crippen LogP contribution in [0.2, 0.25) is 0 Å². The summed E-state index contributed by atoms with van der Waals surface area (Å²) in [5, 5.41) is 9.05. The molecule has 1 saturated heterocycles. The number of nitrogens with one attached hydrogen (secondary N) is 3. The molecule has 0 aliphatic carbocycles. The quantitative estimate of drug-likeness (QED) is 0.209. The summed E-state index contributed by atoms with van der Waals surface area (Å²) in [7, 11) is 1.68. The number of alkyl carbamates (subject to hydrolysis) is 1. The lowest BCUT2D eigenvalue weighted by Gasteiger charge is -2.29. The molecule has 0 aromatic heterocycles. The van der Waals surface area contributed by atoms with Crippen LogP contribution in [0.15, 0.2) is 23.2 Å². The van der Waals surface area contributed by atoms with E-state index in [2.05, 4.69) is 20.9 Å². The predicted molar refractivity (Wildman–Crippen MR) is 132 cm³/mol. The molecule has 8 nitrogen and oxygen atoms in total. The molecule has 1 aliphatic rings. The van der Waals surface area contributed by atoms with Gasteiger partial charge in [0, 0.05) is 39.8 Å². The van der Waals surface area contributed by atoms with Gasteiger partial charge in [0.2, 0.25) is 0 Å². The third kappa shape index (κ3) is 10.4. The van der Waals surface area contributed by atoms with Crippen molar-refractivity contribution < 1.29 is 18.7 Å². The second-order valence-corrected chi connectivity index (χ2v) is 8.02. The first-order chi connectivity index (χ1) is 14.3.